The van der Waals surface area contributed by atoms with E-state index in [2.05, 4.69) is 0 Å². The average Bonchev–Trinajstić information content (AvgIpc) is 2.54. The van der Waals surface area contributed by atoms with Crippen LogP contribution in [0.5, 0.6) is 0 Å². The summed E-state index contributed by atoms with van der Waals surface area (Å²) in [7, 11) is 0. The van der Waals surface area contributed by atoms with Gasteiger partial charge in [-0.25, -0.2) is 0 Å². The van der Waals surface area contributed by atoms with Crippen LogP contribution in [-0.2, 0) is 23.9 Å². The highest BCUT2D eigenvalue weighted by Crippen LogP contribution is 2.54. The van der Waals surface area contributed by atoms with Crippen molar-refractivity contribution >= 4 is 17.7 Å². The van der Waals surface area contributed by atoms with Crippen LogP contribution in [0.15, 0.2) is 0 Å². The number of Topliss-reactive ketones (excluding diaryl/α,β-unsaturated/α-hetero) is 1. The van der Waals surface area contributed by atoms with Crippen LogP contribution in [-0.4, -0.2) is 30.4 Å². The molecule has 0 aromatic heterocycles. The number of hydrogen-bond donors (Lipinski definition) is 0. The van der Waals surface area contributed by atoms with Gasteiger partial charge in [0.15, 0.2) is 0 Å². The van der Waals surface area contributed by atoms with E-state index in [4.69, 9.17) is 9.47 Å². The van der Waals surface area contributed by atoms with E-state index in [1.54, 1.807) is 0 Å². The Bertz CT molecular complexity index is 426. The predicted octanol–water partition coefficient (Wildman–Crippen LogP) is 2.66. The lowest BCUT2D eigenvalue weighted by molar-refractivity contribution is -0.147. The smallest absolute Gasteiger partial charge is 0.302 e. The number of hydrogen-bond acceptors (Lipinski definition) is 5. The minimum absolute atomic E-state index is 0.148. The van der Waals surface area contributed by atoms with Gasteiger partial charge in [0.2, 0.25) is 0 Å². The van der Waals surface area contributed by atoms with Crippen molar-refractivity contribution in [2.24, 2.45) is 10.8 Å². The molecule has 1 aliphatic rings. The zero-order valence-electron chi connectivity index (χ0n) is 13.7. The molecule has 0 unspecified atom stereocenters. The molecule has 21 heavy (non-hydrogen) atoms. The number of ether oxygens (including phenoxy) is 2. The Balaban J connectivity index is 2.63. The fourth-order valence-corrected chi connectivity index (χ4v) is 3.13. The number of ketones is 1. The molecule has 120 valence electrons. The molecule has 0 amide bonds. The maximum absolute atomic E-state index is 12.6. The highest BCUT2D eigenvalue weighted by molar-refractivity contribution is 5.86. The monoisotopic (exact) mass is 298 g/mol. The average molecular weight is 298 g/mol. The molecule has 0 spiro atoms. The van der Waals surface area contributed by atoms with Gasteiger partial charge in [0, 0.05) is 25.7 Å². The number of carbonyl (C=O) groups is 3. The molecule has 0 saturated heterocycles. The zero-order chi connectivity index (χ0) is 16.3. The van der Waals surface area contributed by atoms with Gasteiger partial charge < -0.3 is 9.47 Å². The third-order valence-corrected chi connectivity index (χ3v) is 4.67. The Morgan fingerprint density at radius 2 is 1.67 bits per heavy atom. The van der Waals surface area contributed by atoms with Crippen LogP contribution in [0.1, 0.15) is 60.3 Å². The van der Waals surface area contributed by atoms with Gasteiger partial charge in [-0.3, -0.25) is 14.4 Å². The summed E-state index contributed by atoms with van der Waals surface area (Å²) in [5.41, 5.74) is -0.727. The molecule has 1 rings (SSSR count). The lowest BCUT2D eigenvalue weighted by atomic mass is 9.66. The molecular formula is C16H26O5. The fourth-order valence-electron chi connectivity index (χ4n) is 3.13. The van der Waals surface area contributed by atoms with Gasteiger partial charge in [0.05, 0.1) is 6.61 Å². The molecule has 1 aliphatic carbocycles. The van der Waals surface area contributed by atoms with Crippen molar-refractivity contribution in [3.8, 4) is 0 Å². The van der Waals surface area contributed by atoms with Gasteiger partial charge in [-0.1, -0.05) is 20.8 Å². The Labute approximate surface area is 126 Å². The maximum atomic E-state index is 12.6. The van der Waals surface area contributed by atoms with Gasteiger partial charge in [-0.05, 0) is 24.7 Å². The molecule has 5 nitrogen and oxygen atoms in total. The van der Waals surface area contributed by atoms with Crippen molar-refractivity contribution in [1.82, 2.24) is 0 Å². The quantitative estimate of drug-likeness (QED) is 0.557. The summed E-state index contributed by atoms with van der Waals surface area (Å²) in [6, 6.07) is 0. The highest BCUT2D eigenvalue weighted by atomic mass is 16.5. The summed E-state index contributed by atoms with van der Waals surface area (Å²) in [5, 5.41) is 0. The summed E-state index contributed by atoms with van der Waals surface area (Å²) < 4.78 is 10.1. The van der Waals surface area contributed by atoms with E-state index in [1.165, 1.54) is 13.8 Å². The topological polar surface area (TPSA) is 69.7 Å². The molecule has 2 atom stereocenters. The first kappa shape index (κ1) is 17.7. The molecule has 0 aromatic rings. The molecule has 0 N–H and O–H groups in total. The van der Waals surface area contributed by atoms with E-state index in [9.17, 15) is 14.4 Å². The minimum atomic E-state index is -0.511. The van der Waals surface area contributed by atoms with Crippen LogP contribution in [0, 0.1) is 10.8 Å². The standard InChI is InChI=1S/C16H26O5/c1-11(17)20-8-6-7-14(19)16(5)10-13(21-12(2)18)9-15(16,3)4/h13H,6-10H2,1-5H3/t13-,16+/m0/s1. The van der Waals surface area contributed by atoms with Gasteiger partial charge >= 0.3 is 11.9 Å². The second-order valence-electron chi connectivity index (χ2n) is 6.72. The number of carbonyl (C=O) groups excluding carboxylic acids is 3. The van der Waals surface area contributed by atoms with Crippen LogP contribution in [0.4, 0.5) is 0 Å². The Kier molecular flexibility index (Phi) is 5.54. The number of rotatable bonds is 6. The fraction of sp³-hybridized carbons (Fsp3) is 0.812. The first-order valence-corrected chi connectivity index (χ1v) is 7.42. The molecule has 1 saturated carbocycles. The lowest BCUT2D eigenvalue weighted by Gasteiger charge is -2.36. The molecule has 0 bridgehead atoms. The normalized spacial score (nSPS) is 27.2. The van der Waals surface area contributed by atoms with E-state index >= 15 is 0 Å². The summed E-state index contributed by atoms with van der Waals surface area (Å²) in [6.07, 6.45) is 1.97. The molecule has 0 radical (unpaired) electrons. The molecule has 0 aromatic carbocycles. The zero-order valence-corrected chi connectivity index (χ0v) is 13.7. The Morgan fingerprint density at radius 3 is 2.19 bits per heavy atom. The van der Waals surface area contributed by atoms with E-state index in [1.807, 2.05) is 20.8 Å². The maximum Gasteiger partial charge on any atom is 0.302 e. The van der Waals surface area contributed by atoms with E-state index in [0.29, 0.717) is 25.7 Å². The molecular weight excluding hydrogens is 272 g/mol. The van der Waals surface area contributed by atoms with Crippen molar-refractivity contribution in [3.05, 3.63) is 0 Å². The van der Waals surface area contributed by atoms with Crippen LogP contribution in [0.2, 0.25) is 0 Å². The van der Waals surface area contributed by atoms with Crippen LogP contribution >= 0.6 is 0 Å². The Morgan fingerprint density at radius 1 is 1.05 bits per heavy atom. The van der Waals surface area contributed by atoms with Crippen LogP contribution in [0.25, 0.3) is 0 Å². The second kappa shape index (κ2) is 6.58. The largest absolute Gasteiger partial charge is 0.466 e. The summed E-state index contributed by atoms with van der Waals surface area (Å²) in [6.45, 7) is 9.05. The van der Waals surface area contributed by atoms with E-state index in [0.717, 1.165) is 0 Å². The SMILES string of the molecule is CC(=O)OCCCC(=O)[C@@]1(C)C[C@@H](OC(C)=O)CC1(C)C. The lowest BCUT2D eigenvalue weighted by Crippen LogP contribution is -2.37. The van der Waals surface area contributed by atoms with E-state index in [-0.39, 0.29) is 35.8 Å². The van der Waals surface area contributed by atoms with Crippen molar-refractivity contribution in [1.29, 1.82) is 0 Å². The van der Waals surface area contributed by atoms with Crippen molar-refractivity contribution < 1.29 is 23.9 Å². The van der Waals surface area contributed by atoms with Crippen molar-refractivity contribution in [2.45, 2.75) is 66.4 Å². The van der Waals surface area contributed by atoms with Gasteiger partial charge in [0.25, 0.3) is 0 Å². The van der Waals surface area contributed by atoms with Gasteiger partial charge in [-0.15, -0.1) is 0 Å². The summed E-state index contributed by atoms with van der Waals surface area (Å²) in [4.78, 5) is 34.4. The third kappa shape index (κ3) is 4.29. The number of esters is 2. The second-order valence-corrected chi connectivity index (χ2v) is 6.72. The van der Waals surface area contributed by atoms with Crippen molar-refractivity contribution in [3.63, 3.8) is 0 Å². The molecule has 1 fully saturated rings. The summed E-state index contributed by atoms with van der Waals surface area (Å²) in [5.74, 6) is -0.485. The van der Waals surface area contributed by atoms with Crippen LogP contribution < -0.4 is 0 Å². The Hall–Kier alpha value is -1.39. The predicted molar refractivity (Wildman–Crippen MR) is 77.6 cm³/mol. The van der Waals surface area contributed by atoms with Crippen LogP contribution in [0.3, 0.4) is 0 Å². The molecule has 5 heteroatoms. The molecule has 0 heterocycles. The van der Waals surface area contributed by atoms with Crippen molar-refractivity contribution in [2.75, 3.05) is 6.61 Å². The first-order chi connectivity index (χ1) is 9.58. The third-order valence-electron chi connectivity index (χ3n) is 4.67. The first-order valence-electron chi connectivity index (χ1n) is 7.42. The minimum Gasteiger partial charge on any atom is -0.466 e. The highest BCUT2D eigenvalue weighted by Gasteiger charge is 2.54. The molecule has 0 aliphatic heterocycles. The summed E-state index contributed by atoms with van der Waals surface area (Å²) >= 11 is 0. The van der Waals surface area contributed by atoms with Gasteiger partial charge in [-0.2, -0.15) is 0 Å². The van der Waals surface area contributed by atoms with Gasteiger partial charge in [0.1, 0.15) is 11.9 Å². The van der Waals surface area contributed by atoms with E-state index < -0.39 is 5.41 Å².